The van der Waals surface area contributed by atoms with E-state index in [0.29, 0.717) is 11.9 Å². The minimum Gasteiger partial charge on any atom is -0.383 e. The van der Waals surface area contributed by atoms with Crippen LogP contribution in [0.2, 0.25) is 0 Å². The van der Waals surface area contributed by atoms with Crippen LogP contribution >= 0.6 is 11.3 Å². The molecule has 1 unspecified atom stereocenters. The summed E-state index contributed by atoms with van der Waals surface area (Å²) in [6, 6.07) is 4.66. The van der Waals surface area contributed by atoms with Gasteiger partial charge in [0.1, 0.15) is 18.0 Å². The Morgan fingerprint density at radius 1 is 1.37 bits per heavy atom. The number of rotatable bonds is 5. The molecule has 3 N–H and O–H groups in total. The van der Waals surface area contributed by atoms with E-state index < -0.39 is 0 Å². The Labute approximate surface area is 118 Å². The van der Waals surface area contributed by atoms with Crippen LogP contribution in [0.1, 0.15) is 29.2 Å². The minimum absolute atomic E-state index is 0.317. The Morgan fingerprint density at radius 3 is 2.79 bits per heavy atom. The molecule has 0 aliphatic carbocycles. The van der Waals surface area contributed by atoms with E-state index >= 15 is 0 Å². The standard InChI is InChI=1S/C14H20N4S/c1-4-12-13(15)16-8-17-14(12)18-9(2)7-11-6-5-10(3)19-11/h5-6,8-9H,4,7H2,1-3H3,(H3,15,16,17,18). The summed E-state index contributed by atoms with van der Waals surface area (Å²) in [6.45, 7) is 6.35. The molecule has 0 saturated carbocycles. The first-order valence-corrected chi connectivity index (χ1v) is 7.33. The van der Waals surface area contributed by atoms with Crippen LogP contribution in [-0.2, 0) is 12.8 Å². The molecule has 0 saturated heterocycles. The zero-order chi connectivity index (χ0) is 13.8. The molecular weight excluding hydrogens is 256 g/mol. The lowest BCUT2D eigenvalue weighted by Crippen LogP contribution is -2.20. The molecule has 2 aromatic heterocycles. The third-order valence-electron chi connectivity index (χ3n) is 3.02. The lowest BCUT2D eigenvalue weighted by atomic mass is 10.1. The van der Waals surface area contributed by atoms with Crippen LogP contribution in [0.3, 0.4) is 0 Å². The Balaban J connectivity index is 2.06. The van der Waals surface area contributed by atoms with Gasteiger partial charge in [0.15, 0.2) is 0 Å². The van der Waals surface area contributed by atoms with Crippen molar-refractivity contribution in [2.24, 2.45) is 0 Å². The van der Waals surface area contributed by atoms with Crippen molar-refractivity contribution in [1.82, 2.24) is 9.97 Å². The molecular formula is C14H20N4S. The lowest BCUT2D eigenvalue weighted by Gasteiger charge is -2.16. The number of thiophene rings is 1. The monoisotopic (exact) mass is 276 g/mol. The van der Waals surface area contributed by atoms with Crippen molar-refractivity contribution >= 4 is 23.0 Å². The van der Waals surface area contributed by atoms with E-state index in [1.807, 2.05) is 11.3 Å². The van der Waals surface area contributed by atoms with Gasteiger partial charge in [-0.3, -0.25) is 0 Å². The van der Waals surface area contributed by atoms with Crippen LogP contribution < -0.4 is 11.1 Å². The van der Waals surface area contributed by atoms with Gasteiger partial charge >= 0.3 is 0 Å². The normalized spacial score (nSPS) is 12.4. The summed E-state index contributed by atoms with van der Waals surface area (Å²) < 4.78 is 0. The van der Waals surface area contributed by atoms with Gasteiger partial charge in [0.05, 0.1) is 0 Å². The van der Waals surface area contributed by atoms with Crippen molar-refractivity contribution in [3.63, 3.8) is 0 Å². The zero-order valence-electron chi connectivity index (χ0n) is 11.6. The number of nitrogens with zero attached hydrogens (tertiary/aromatic N) is 2. The van der Waals surface area contributed by atoms with Crippen LogP contribution in [-0.4, -0.2) is 16.0 Å². The minimum atomic E-state index is 0.317. The van der Waals surface area contributed by atoms with Crippen LogP contribution in [0.5, 0.6) is 0 Å². The summed E-state index contributed by atoms with van der Waals surface area (Å²) in [5, 5.41) is 3.44. The van der Waals surface area contributed by atoms with Crippen molar-refractivity contribution in [3.8, 4) is 0 Å². The van der Waals surface area contributed by atoms with E-state index in [1.54, 1.807) is 0 Å². The molecule has 1 atom stereocenters. The fourth-order valence-corrected chi connectivity index (χ4v) is 3.10. The summed E-state index contributed by atoms with van der Waals surface area (Å²) in [6.07, 6.45) is 3.34. The van der Waals surface area contributed by atoms with Crippen molar-refractivity contribution in [2.75, 3.05) is 11.1 Å². The van der Waals surface area contributed by atoms with Gasteiger partial charge in [-0.25, -0.2) is 9.97 Å². The van der Waals surface area contributed by atoms with Gasteiger partial charge in [-0.05, 0) is 32.4 Å². The molecule has 2 aromatic rings. The highest BCUT2D eigenvalue weighted by molar-refractivity contribution is 7.11. The molecule has 0 spiro atoms. The molecule has 4 nitrogen and oxygen atoms in total. The van der Waals surface area contributed by atoms with E-state index in [9.17, 15) is 0 Å². The summed E-state index contributed by atoms with van der Waals surface area (Å²) in [7, 11) is 0. The highest BCUT2D eigenvalue weighted by Gasteiger charge is 2.11. The van der Waals surface area contributed by atoms with Crippen LogP contribution in [0.4, 0.5) is 11.6 Å². The Morgan fingerprint density at radius 2 is 2.16 bits per heavy atom. The summed E-state index contributed by atoms with van der Waals surface area (Å²) in [4.78, 5) is 11.1. The fourth-order valence-electron chi connectivity index (χ4n) is 2.08. The number of aryl methyl sites for hydroxylation is 1. The number of hydrogen-bond acceptors (Lipinski definition) is 5. The fraction of sp³-hybridized carbons (Fsp3) is 0.429. The first kappa shape index (κ1) is 13.8. The molecule has 2 heterocycles. The summed E-state index contributed by atoms with van der Waals surface area (Å²) >= 11 is 1.84. The predicted molar refractivity (Wildman–Crippen MR) is 81.7 cm³/mol. The molecule has 102 valence electrons. The third-order valence-corrected chi connectivity index (χ3v) is 4.04. The third kappa shape index (κ3) is 3.44. The van der Waals surface area contributed by atoms with Gasteiger partial charge < -0.3 is 11.1 Å². The van der Waals surface area contributed by atoms with Crippen molar-refractivity contribution in [3.05, 3.63) is 33.8 Å². The van der Waals surface area contributed by atoms with E-state index in [0.717, 1.165) is 24.2 Å². The number of nitrogen functional groups attached to an aromatic ring is 1. The second kappa shape index (κ2) is 6.02. The second-order valence-corrected chi connectivity index (χ2v) is 6.07. The summed E-state index contributed by atoms with van der Waals surface area (Å²) in [5.41, 5.74) is 6.87. The number of nitrogens with one attached hydrogen (secondary N) is 1. The Hall–Kier alpha value is -1.62. The van der Waals surface area contributed by atoms with Gasteiger partial charge in [0, 0.05) is 27.8 Å². The Bertz CT molecular complexity index is 550. The predicted octanol–water partition coefficient (Wildman–Crippen LogP) is 3.03. The molecule has 0 amide bonds. The smallest absolute Gasteiger partial charge is 0.134 e. The van der Waals surface area contributed by atoms with E-state index in [2.05, 4.69) is 48.2 Å². The number of anilines is 2. The first-order chi connectivity index (χ1) is 9.10. The summed E-state index contributed by atoms with van der Waals surface area (Å²) in [5.74, 6) is 1.43. The number of nitrogens with two attached hydrogens (primary N) is 1. The Kier molecular flexibility index (Phi) is 4.37. The SMILES string of the molecule is CCc1c(N)ncnc1NC(C)Cc1ccc(C)s1. The van der Waals surface area contributed by atoms with Gasteiger partial charge in [-0.2, -0.15) is 0 Å². The van der Waals surface area contributed by atoms with E-state index in [4.69, 9.17) is 5.73 Å². The number of hydrogen-bond donors (Lipinski definition) is 2. The molecule has 2 rings (SSSR count). The van der Waals surface area contributed by atoms with Crippen molar-refractivity contribution in [2.45, 2.75) is 39.7 Å². The molecule has 0 aliphatic rings. The quantitative estimate of drug-likeness (QED) is 0.881. The van der Waals surface area contributed by atoms with Gasteiger partial charge in [0.2, 0.25) is 0 Å². The highest BCUT2D eigenvalue weighted by Crippen LogP contribution is 2.21. The van der Waals surface area contributed by atoms with Crippen molar-refractivity contribution in [1.29, 1.82) is 0 Å². The van der Waals surface area contributed by atoms with Crippen LogP contribution in [0, 0.1) is 6.92 Å². The average molecular weight is 276 g/mol. The van der Waals surface area contributed by atoms with Crippen LogP contribution in [0.25, 0.3) is 0 Å². The largest absolute Gasteiger partial charge is 0.383 e. The van der Waals surface area contributed by atoms with Gasteiger partial charge in [-0.1, -0.05) is 6.92 Å². The van der Waals surface area contributed by atoms with E-state index in [-0.39, 0.29) is 0 Å². The number of aromatic nitrogens is 2. The second-order valence-electron chi connectivity index (χ2n) is 4.70. The molecule has 0 fully saturated rings. The van der Waals surface area contributed by atoms with Gasteiger partial charge in [0.25, 0.3) is 0 Å². The maximum Gasteiger partial charge on any atom is 0.134 e. The molecule has 0 bridgehead atoms. The molecule has 0 aromatic carbocycles. The first-order valence-electron chi connectivity index (χ1n) is 6.51. The topological polar surface area (TPSA) is 63.8 Å². The average Bonchev–Trinajstić information content (AvgIpc) is 2.75. The van der Waals surface area contributed by atoms with E-state index in [1.165, 1.54) is 16.1 Å². The highest BCUT2D eigenvalue weighted by atomic mass is 32.1. The zero-order valence-corrected chi connectivity index (χ0v) is 12.4. The molecule has 5 heteroatoms. The lowest BCUT2D eigenvalue weighted by molar-refractivity contribution is 0.789. The van der Waals surface area contributed by atoms with Crippen molar-refractivity contribution < 1.29 is 0 Å². The molecule has 0 radical (unpaired) electrons. The maximum atomic E-state index is 5.87. The molecule has 0 aliphatic heterocycles. The maximum absolute atomic E-state index is 5.87. The molecule has 19 heavy (non-hydrogen) atoms. The van der Waals surface area contributed by atoms with Gasteiger partial charge in [-0.15, -0.1) is 11.3 Å². The van der Waals surface area contributed by atoms with Crippen LogP contribution in [0.15, 0.2) is 18.5 Å².